The van der Waals surface area contributed by atoms with Crippen LogP contribution in [0, 0.1) is 22.7 Å². The first kappa shape index (κ1) is 46.6. The van der Waals surface area contributed by atoms with Gasteiger partial charge in [-0.15, -0.1) is 11.3 Å². The number of hydrazine groups is 1. The number of carbonyl (C=O) groups is 4. The number of nitrogens with one attached hydrogen (secondary N) is 2. The highest BCUT2D eigenvalue weighted by atomic mass is 32.1. The number of methoxy groups -OCH3 is 1. The molecule has 2 fully saturated rings. The first-order valence-electron chi connectivity index (χ1n) is 22.2. The lowest BCUT2D eigenvalue weighted by molar-refractivity contribution is -0.155. The summed E-state index contributed by atoms with van der Waals surface area (Å²) in [6.07, 6.45) is 3.19. The molecule has 7 rings (SSSR count). The van der Waals surface area contributed by atoms with E-state index in [9.17, 15) is 24.4 Å². The lowest BCUT2D eigenvalue weighted by atomic mass is 9.84. The van der Waals surface area contributed by atoms with Crippen LogP contribution >= 0.6 is 11.3 Å². The van der Waals surface area contributed by atoms with Crippen molar-refractivity contribution in [3.63, 3.8) is 0 Å². The number of aromatic nitrogens is 3. The Balaban J connectivity index is 1.27. The van der Waals surface area contributed by atoms with Gasteiger partial charge in [0.2, 0.25) is 5.91 Å². The molecule has 3 aliphatic heterocycles. The fraction of sp³-hybridized carbons (Fsp3) is 0.553. The van der Waals surface area contributed by atoms with Gasteiger partial charge < -0.3 is 29.2 Å². The number of thiazole rings is 1. The number of hydrogen-bond acceptors (Lipinski definition) is 12. The number of likely N-dealkylation sites (tertiary alicyclic amines) is 1. The first-order valence-corrected chi connectivity index (χ1v) is 23.0. The number of nitrogens with zero attached hydrogens (tertiary/aromatic N) is 8. The van der Waals surface area contributed by atoms with Crippen molar-refractivity contribution in [3.8, 4) is 28.6 Å². The smallest absolute Gasteiger partial charge is 0.324 e. The largest absolute Gasteiger partial charge is 0.464 e. The normalized spacial score (nSPS) is 20.9. The third-order valence-corrected chi connectivity index (χ3v) is 13.9. The summed E-state index contributed by atoms with van der Waals surface area (Å²) in [5.41, 5.74) is 8.46. The zero-order valence-electron chi connectivity index (χ0n) is 38.7. The average Bonchev–Trinajstić information content (AvgIpc) is 3.85. The van der Waals surface area contributed by atoms with Gasteiger partial charge in [-0.2, -0.15) is 5.26 Å². The molecule has 0 aliphatic carbocycles. The van der Waals surface area contributed by atoms with Gasteiger partial charge in [-0.25, -0.2) is 15.2 Å². The number of pyridine rings is 1. The van der Waals surface area contributed by atoms with Crippen LogP contribution in [0.4, 0.5) is 4.79 Å². The van der Waals surface area contributed by atoms with Gasteiger partial charge in [0.05, 0.1) is 54.0 Å². The van der Waals surface area contributed by atoms with Gasteiger partial charge in [0.1, 0.15) is 23.7 Å². The zero-order chi connectivity index (χ0) is 46.2. The summed E-state index contributed by atoms with van der Waals surface area (Å²) in [5.74, 6) is -1.70. The van der Waals surface area contributed by atoms with Crippen LogP contribution in [-0.2, 0) is 43.2 Å². The topological polar surface area (TPSA) is 178 Å². The average molecular weight is 895 g/mol. The molecule has 17 heteroatoms. The third kappa shape index (κ3) is 8.97. The number of ether oxygens (including phenoxy) is 2. The molecular weight excluding hydrogens is 833 g/mol. The number of hydrogen-bond donors (Lipinski definition) is 2. The first-order chi connectivity index (χ1) is 30.4. The van der Waals surface area contributed by atoms with Crippen molar-refractivity contribution < 1.29 is 28.7 Å². The van der Waals surface area contributed by atoms with Crippen LogP contribution < -0.4 is 10.7 Å². The molecule has 3 aliphatic rings. The number of amides is 4. The van der Waals surface area contributed by atoms with Crippen molar-refractivity contribution in [1.82, 2.24) is 45.0 Å². The Labute approximate surface area is 379 Å². The minimum atomic E-state index is -1.08. The van der Waals surface area contributed by atoms with Crippen molar-refractivity contribution in [3.05, 3.63) is 58.2 Å². The van der Waals surface area contributed by atoms with Crippen LogP contribution in [0.3, 0.4) is 0 Å². The second-order valence-corrected chi connectivity index (χ2v) is 19.7. The third-order valence-electron chi connectivity index (χ3n) is 13.0. The number of fused-ring (bicyclic) bond motifs is 6. The number of urea groups is 1. The van der Waals surface area contributed by atoms with E-state index < -0.39 is 46.9 Å². The maximum atomic E-state index is 14.6. The van der Waals surface area contributed by atoms with E-state index in [2.05, 4.69) is 66.4 Å². The minimum absolute atomic E-state index is 0.0736. The molecular formula is C47H62N10O6S. The van der Waals surface area contributed by atoms with Gasteiger partial charge in [-0.3, -0.25) is 29.3 Å². The molecule has 0 spiro atoms. The van der Waals surface area contributed by atoms with E-state index in [1.54, 1.807) is 44.2 Å². The molecule has 0 radical (unpaired) electrons. The summed E-state index contributed by atoms with van der Waals surface area (Å²) in [6, 6.07) is 9.53. The molecule has 4 aromatic rings. The predicted molar refractivity (Wildman–Crippen MR) is 245 cm³/mol. The van der Waals surface area contributed by atoms with Crippen LogP contribution in [0.25, 0.3) is 33.4 Å². The second-order valence-electron chi connectivity index (χ2n) is 18.7. The van der Waals surface area contributed by atoms with E-state index in [1.807, 2.05) is 32.2 Å². The highest BCUT2D eigenvalue weighted by Gasteiger charge is 2.49. The fourth-order valence-electron chi connectivity index (χ4n) is 9.26. The predicted octanol–water partition coefficient (Wildman–Crippen LogP) is 5.42. The number of esters is 1. The molecule has 342 valence electrons. The fourth-order valence-corrected chi connectivity index (χ4v) is 10.1. The molecule has 2 saturated heterocycles. The molecule has 6 bridgehead atoms. The van der Waals surface area contributed by atoms with Crippen molar-refractivity contribution in [2.24, 2.45) is 11.3 Å². The quantitative estimate of drug-likeness (QED) is 0.205. The molecule has 6 heterocycles. The van der Waals surface area contributed by atoms with Gasteiger partial charge in [-0.1, -0.05) is 33.8 Å². The standard InChI is InChI=1S/C47H62N10O6S/c1-11-56-37-17-16-30-20-32(37)33(41(56)31-14-12-18-49-39(31)29(4)62-10)22-46(5,6)27-63-44(60)34-15-13-19-57(52-34)43(59)35(21-38-50-36(30)23-64-38)51-42(58)40(28(2)3)54(9)45(61)55-25-47(24-48,26-55)53(7)8/h12,14,16-18,20,23,28-29,34-35,40,52H,11,13,15,19,21-22,25-27H2,1-10H3,(H,51,58)/t29-,34-,35-,40-/m0/s1. The van der Waals surface area contributed by atoms with Crippen LogP contribution in [0.2, 0.25) is 0 Å². The molecule has 1 aromatic carbocycles. The monoisotopic (exact) mass is 894 g/mol. The van der Waals surface area contributed by atoms with Gasteiger partial charge in [0.25, 0.3) is 5.91 Å². The van der Waals surface area contributed by atoms with Crippen molar-refractivity contribution >= 4 is 46.1 Å². The molecule has 0 saturated carbocycles. The highest BCUT2D eigenvalue weighted by molar-refractivity contribution is 7.10. The Bertz CT molecular complexity index is 2450. The van der Waals surface area contributed by atoms with E-state index in [0.29, 0.717) is 37.4 Å². The van der Waals surface area contributed by atoms with Crippen LogP contribution in [0.5, 0.6) is 0 Å². The number of rotatable bonds is 9. The summed E-state index contributed by atoms with van der Waals surface area (Å²) in [7, 11) is 6.87. The van der Waals surface area contributed by atoms with Crippen LogP contribution in [0.1, 0.15) is 76.8 Å². The Morgan fingerprint density at radius 3 is 2.58 bits per heavy atom. The van der Waals surface area contributed by atoms with Crippen molar-refractivity contribution in [2.75, 3.05) is 54.5 Å². The zero-order valence-corrected chi connectivity index (χ0v) is 39.5. The van der Waals surface area contributed by atoms with E-state index in [-0.39, 0.29) is 44.2 Å². The highest BCUT2D eigenvalue weighted by Crippen LogP contribution is 2.42. The Kier molecular flexibility index (Phi) is 13.5. The lowest BCUT2D eigenvalue weighted by Crippen LogP contribution is -2.71. The summed E-state index contributed by atoms with van der Waals surface area (Å²) >= 11 is 1.40. The van der Waals surface area contributed by atoms with E-state index >= 15 is 0 Å². The van der Waals surface area contributed by atoms with Gasteiger partial charge in [0.15, 0.2) is 0 Å². The minimum Gasteiger partial charge on any atom is -0.464 e. The molecule has 0 unspecified atom stereocenters. The van der Waals surface area contributed by atoms with Gasteiger partial charge in [-0.05, 0) is 83.0 Å². The Morgan fingerprint density at radius 1 is 1.16 bits per heavy atom. The molecule has 4 amide bonds. The number of carbonyl (C=O) groups excluding carboxylic acids is 4. The SMILES string of the molecule is CCn1c(-c2cccnc2[C@H](C)OC)c2c3cc(ccc31)-c1csc(n1)C[C@H](NC(=O)[C@H](C(C)C)N(C)C(=O)N1CC(C#N)(N(C)C)C1)C(=O)N1CCC[C@H](N1)C(=O)OCC(C)(C)C2. The van der Waals surface area contributed by atoms with Gasteiger partial charge >= 0.3 is 12.0 Å². The number of likely N-dealkylation sites (N-methyl/N-ethyl adjacent to an activating group) is 2. The van der Waals surface area contributed by atoms with Gasteiger partial charge in [0, 0.05) is 72.7 Å². The van der Waals surface area contributed by atoms with E-state index in [1.165, 1.54) is 21.2 Å². The van der Waals surface area contributed by atoms with E-state index in [0.717, 1.165) is 44.7 Å². The lowest BCUT2D eigenvalue weighted by Gasteiger charge is -2.50. The molecule has 64 heavy (non-hydrogen) atoms. The summed E-state index contributed by atoms with van der Waals surface area (Å²) in [5, 5.41) is 17.9. The molecule has 2 N–H and O–H groups in total. The Morgan fingerprint density at radius 2 is 1.91 bits per heavy atom. The number of benzene rings is 1. The molecule has 16 nitrogen and oxygen atoms in total. The van der Waals surface area contributed by atoms with Crippen molar-refractivity contribution in [1.29, 1.82) is 5.26 Å². The Hall–Kier alpha value is -5.41. The van der Waals surface area contributed by atoms with E-state index in [4.69, 9.17) is 19.4 Å². The maximum absolute atomic E-state index is 14.6. The number of aryl methyl sites for hydroxylation is 1. The summed E-state index contributed by atoms with van der Waals surface area (Å²) in [4.78, 5) is 71.2. The molecule has 3 aromatic heterocycles. The summed E-state index contributed by atoms with van der Waals surface area (Å²) < 4.78 is 14.2. The molecule has 4 atom stereocenters. The number of nitriles is 1. The van der Waals surface area contributed by atoms with Crippen LogP contribution in [0.15, 0.2) is 41.9 Å². The number of cyclic esters (lactones) is 1. The second kappa shape index (κ2) is 18.6. The maximum Gasteiger partial charge on any atom is 0.324 e. The summed E-state index contributed by atoms with van der Waals surface area (Å²) in [6.45, 7) is 13.6. The van der Waals surface area contributed by atoms with Crippen molar-refractivity contribution in [2.45, 2.75) is 104 Å². The van der Waals surface area contributed by atoms with Crippen LogP contribution in [-0.4, -0.2) is 136 Å².